The zero-order chi connectivity index (χ0) is 20.5. The standard InChI is InChI=1S/C24H20ClN3O2/c1-16-20(26-23(30-16)18-10-5-6-11-19(18)25)14-28-13-7-12-22(28)24-27-21(15-29-24)17-8-3-2-4-9-17/h2-13,21H,14-15H2,1H3/t21-/m0/s1. The van der Waals surface area contributed by atoms with E-state index in [0.29, 0.717) is 30.0 Å². The van der Waals surface area contributed by atoms with Crippen LogP contribution in [0.5, 0.6) is 0 Å². The lowest BCUT2D eigenvalue weighted by atomic mass is 10.1. The molecule has 6 heteroatoms. The van der Waals surface area contributed by atoms with Crippen molar-refractivity contribution in [3.8, 4) is 11.5 Å². The van der Waals surface area contributed by atoms with Gasteiger partial charge in [-0.05, 0) is 36.8 Å². The number of hydrogen-bond donors (Lipinski definition) is 0. The van der Waals surface area contributed by atoms with Crippen molar-refractivity contribution < 1.29 is 9.15 Å². The van der Waals surface area contributed by atoms with Gasteiger partial charge in [-0.15, -0.1) is 0 Å². The Morgan fingerprint density at radius 2 is 1.83 bits per heavy atom. The fourth-order valence-corrected chi connectivity index (χ4v) is 3.81. The van der Waals surface area contributed by atoms with Gasteiger partial charge < -0.3 is 13.7 Å². The van der Waals surface area contributed by atoms with Gasteiger partial charge in [0.05, 0.1) is 17.1 Å². The molecule has 1 aliphatic rings. The highest BCUT2D eigenvalue weighted by Gasteiger charge is 2.24. The van der Waals surface area contributed by atoms with Gasteiger partial charge in [0.1, 0.15) is 29.8 Å². The molecule has 0 saturated carbocycles. The number of hydrogen-bond acceptors (Lipinski definition) is 4. The van der Waals surface area contributed by atoms with E-state index in [1.54, 1.807) is 0 Å². The van der Waals surface area contributed by atoms with Crippen molar-refractivity contribution in [1.82, 2.24) is 9.55 Å². The highest BCUT2D eigenvalue weighted by Crippen LogP contribution is 2.29. The van der Waals surface area contributed by atoms with Crippen LogP contribution in [0.15, 0.2) is 82.3 Å². The van der Waals surface area contributed by atoms with Gasteiger partial charge in [0, 0.05) is 6.20 Å². The smallest absolute Gasteiger partial charge is 0.234 e. The molecule has 0 bridgehead atoms. The van der Waals surface area contributed by atoms with E-state index in [4.69, 9.17) is 30.7 Å². The highest BCUT2D eigenvalue weighted by atomic mass is 35.5. The molecule has 0 aliphatic carbocycles. The monoisotopic (exact) mass is 417 g/mol. The molecule has 0 fully saturated rings. The molecule has 3 heterocycles. The molecule has 4 aromatic rings. The molecule has 1 aliphatic heterocycles. The minimum atomic E-state index is 0.0187. The van der Waals surface area contributed by atoms with Crippen molar-refractivity contribution in [2.45, 2.75) is 19.5 Å². The summed E-state index contributed by atoms with van der Waals surface area (Å²) >= 11 is 6.30. The van der Waals surface area contributed by atoms with Crippen molar-refractivity contribution in [2.24, 2.45) is 4.99 Å². The lowest BCUT2D eigenvalue weighted by molar-refractivity contribution is 0.318. The summed E-state index contributed by atoms with van der Waals surface area (Å²) in [6, 6.07) is 21.8. The van der Waals surface area contributed by atoms with Gasteiger partial charge in [0.25, 0.3) is 0 Å². The van der Waals surface area contributed by atoms with E-state index >= 15 is 0 Å². The van der Waals surface area contributed by atoms with Gasteiger partial charge in [-0.1, -0.05) is 54.1 Å². The van der Waals surface area contributed by atoms with Gasteiger partial charge >= 0.3 is 0 Å². The van der Waals surface area contributed by atoms with Crippen molar-refractivity contribution in [3.05, 3.63) is 101 Å². The number of ether oxygens (including phenoxy) is 1. The normalized spacial score (nSPS) is 15.8. The maximum Gasteiger partial charge on any atom is 0.234 e. The minimum absolute atomic E-state index is 0.0187. The van der Waals surface area contributed by atoms with Crippen molar-refractivity contribution in [2.75, 3.05) is 6.61 Å². The summed E-state index contributed by atoms with van der Waals surface area (Å²) in [7, 11) is 0. The van der Waals surface area contributed by atoms with E-state index in [2.05, 4.69) is 16.7 Å². The second kappa shape index (κ2) is 7.84. The summed E-state index contributed by atoms with van der Waals surface area (Å²) in [4.78, 5) is 9.50. The summed E-state index contributed by atoms with van der Waals surface area (Å²) in [6.07, 6.45) is 2.00. The lowest BCUT2D eigenvalue weighted by Crippen LogP contribution is -2.11. The predicted molar refractivity (Wildman–Crippen MR) is 117 cm³/mol. The Hall–Kier alpha value is -3.31. The minimum Gasteiger partial charge on any atom is -0.474 e. The predicted octanol–water partition coefficient (Wildman–Crippen LogP) is 5.67. The third-order valence-corrected chi connectivity index (χ3v) is 5.53. The summed E-state index contributed by atoms with van der Waals surface area (Å²) in [6.45, 7) is 3.02. The van der Waals surface area contributed by atoms with Crippen LogP contribution >= 0.6 is 11.6 Å². The topological polar surface area (TPSA) is 52.5 Å². The van der Waals surface area contributed by atoms with Gasteiger partial charge in [0.15, 0.2) is 0 Å². The first-order valence-electron chi connectivity index (χ1n) is 9.81. The van der Waals surface area contributed by atoms with Gasteiger partial charge in [-0.3, -0.25) is 0 Å². The number of aliphatic imine (C=N–C) groups is 1. The molecule has 150 valence electrons. The summed E-state index contributed by atoms with van der Waals surface area (Å²) in [5.41, 5.74) is 3.72. The zero-order valence-electron chi connectivity index (χ0n) is 16.5. The zero-order valence-corrected chi connectivity index (χ0v) is 17.2. The second-order valence-electron chi connectivity index (χ2n) is 7.19. The number of benzene rings is 2. The average Bonchev–Trinajstić information content (AvgIpc) is 3.50. The fourth-order valence-electron chi connectivity index (χ4n) is 3.59. The first-order chi connectivity index (χ1) is 14.7. The number of rotatable bonds is 5. The van der Waals surface area contributed by atoms with E-state index < -0.39 is 0 Å². The third-order valence-electron chi connectivity index (χ3n) is 5.20. The molecule has 0 saturated heterocycles. The largest absolute Gasteiger partial charge is 0.474 e. The van der Waals surface area contributed by atoms with E-state index in [9.17, 15) is 0 Å². The Morgan fingerprint density at radius 3 is 2.67 bits per heavy atom. The molecular formula is C24H20ClN3O2. The summed E-state index contributed by atoms with van der Waals surface area (Å²) < 4.78 is 13.9. The van der Waals surface area contributed by atoms with Crippen molar-refractivity contribution in [1.29, 1.82) is 0 Å². The Kier molecular flexibility index (Phi) is 4.89. The molecule has 0 radical (unpaired) electrons. The molecule has 0 unspecified atom stereocenters. The molecule has 30 heavy (non-hydrogen) atoms. The van der Waals surface area contributed by atoms with Crippen LogP contribution in [0.1, 0.15) is 28.8 Å². The van der Waals surface area contributed by atoms with E-state index in [1.807, 2.05) is 67.7 Å². The summed E-state index contributed by atoms with van der Waals surface area (Å²) in [5, 5.41) is 0.618. The van der Waals surface area contributed by atoms with Crippen molar-refractivity contribution >= 4 is 17.5 Å². The first-order valence-corrected chi connectivity index (χ1v) is 10.2. The summed E-state index contributed by atoms with van der Waals surface area (Å²) in [5.74, 6) is 1.95. The van der Waals surface area contributed by atoms with Crippen LogP contribution in [-0.4, -0.2) is 22.1 Å². The highest BCUT2D eigenvalue weighted by molar-refractivity contribution is 6.33. The van der Waals surface area contributed by atoms with E-state index in [-0.39, 0.29) is 6.04 Å². The fraction of sp³-hybridized carbons (Fsp3) is 0.167. The molecule has 5 rings (SSSR count). The van der Waals surface area contributed by atoms with Gasteiger partial charge in [0.2, 0.25) is 11.8 Å². The van der Waals surface area contributed by atoms with E-state index in [0.717, 1.165) is 28.3 Å². The van der Waals surface area contributed by atoms with Crippen LogP contribution in [0.25, 0.3) is 11.5 Å². The molecule has 2 aromatic heterocycles. The maximum absolute atomic E-state index is 6.30. The molecule has 1 atom stereocenters. The number of halogens is 1. The second-order valence-corrected chi connectivity index (χ2v) is 7.60. The Balaban J connectivity index is 1.41. The van der Waals surface area contributed by atoms with Gasteiger partial charge in [-0.25, -0.2) is 9.98 Å². The first kappa shape index (κ1) is 18.7. The Morgan fingerprint density at radius 1 is 1.03 bits per heavy atom. The number of aryl methyl sites for hydroxylation is 1. The maximum atomic E-state index is 6.30. The van der Waals surface area contributed by atoms with Crippen molar-refractivity contribution in [3.63, 3.8) is 0 Å². The lowest BCUT2D eigenvalue weighted by Gasteiger charge is -2.07. The molecule has 0 N–H and O–H groups in total. The molecule has 0 spiro atoms. The Labute approximate surface area is 179 Å². The van der Waals surface area contributed by atoms with Crippen LogP contribution in [0, 0.1) is 6.92 Å². The van der Waals surface area contributed by atoms with Crippen LogP contribution < -0.4 is 0 Å². The van der Waals surface area contributed by atoms with Gasteiger partial charge in [-0.2, -0.15) is 0 Å². The quantitative estimate of drug-likeness (QED) is 0.420. The number of nitrogens with zero attached hydrogens (tertiary/aromatic N) is 3. The van der Waals surface area contributed by atoms with E-state index in [1.165, 1.54) is 0 Å². The molecular weight excluding hydrogens is 398 g/mol. The third kappa shape index (κ3) is 3.53. The number of aromatic nitrogens is 2. The number of oxazole rings is 1. The van der Waals surface area contributed by atoms with Crippen LogP contribution in [-0.2, 0) is 11.3 Å². The molecule has 2 aromatic carbocycles. The van der Waals surface area contributed by atoms with Crippen LogP contribution in [0.4, 0.5) is 0 Å². The van der Waals surface area contributed by atoms with Crippen LogP contribution in [0.2, 0.25) is 5.02 Å². The SMILES string of the molecule is Cc1oc(-c2ccccc2Cl)nc1Cn1cccc1C1=N[C@H](c2ccccc2)CO1. The Bertz CT molecular complexity index is 1210. The average molecular weight is 418 g/mol. The van der Waals surface area contributed by atoms with Crippen LogP contribution in [0.3, 0.4) is 0 Å². The molecule has 5 nitrogen and oxygen atoms in total. The molecule has 0 amide bonds.